The molecule has 1 saturated heterocycles. The fraction of sp³-hybridized carbons (Fsp3) is 0.647. The van der Waals surface area contributed by atoms with Crippen molar-refractivity contribution in [1.29, 1.82) is 0 Å². The second-order valence-corrected chi connectivity index (χ2v) is 6.78. The molecule has 3 rings (SSSR count). The van der Waals surface area contributed by atoms with Gasteiger partial charge >= 0.3 is 0 Å². The summed E-state index contributed by atoms with van der Waals surface area (Å²) in [5.74, 6) is 1.20. The zero-order chi connectivity index (χ0) is 14.7. The van der Waals surface area contributed by atoms with Crippen LogP contribution in [0.25, 0.3) is 0 Å². The summed E-state index contributed by atoms with van der Waals surface area (Å²) in [6.45, 7) is 3.52. The molecule has 0 spiro atoms. The summed E-state index contributed by atoms with van der Waals surface area (Å²) in [5, 5.41) is 11.3. The minimum Gasteiger partial charge on any atom is -0.491 e. The Morgan fingerprint density at radius 2 is 2.14 bits per heavy atom. The van der Waals surface area contributed by atoms with Gasteiger partial charge in [-0.1, -0.05) is 36.6 Å². The third-order valence-electron chi connectivity index (χ3n) is 5.01. The van der Waals surface area contributed by atoms with Gasteiger partial charge in [-0.3, -0.25) is 4.90 Å². The third kappa shape index (κ3) is 3.53. The Morgan fingerprint density at radius 3 is 3.00 bits per heavy atom. The second-order valence-electron chi connectivity index (χ2n) is 6.38. The van der Waals surface area contributed by atoms with Crippen LogP contribution >= 0.6 is 11.6 Å². The van der Waals surface area contributed by atoms with Crippen LogP contribution in [0.1, 0.15) is 32.1 Å². The van der Waals surface area contributed by atoms with E-state index in [4.69, 9.17) is 16.3 Å². The van der Waals surface area contributed by atoms with E-state index in [1.165, 1.54) is 19.3 Å². The van der Waals surface area contributed by atoms with Crippen LogP contribution in [-0.4, -0.2) is 41.8 Å². The number of hydrogen-bond acceptors (Lipinski definition) is 3. The van der Waals surface area contributed by atoms with E-state index < -0.39 is 5.60 Å². The van der Waals surface area contributed by atoms with Gasteiger partial charge in [0.1, 0.15) is 12.4 Å². The second kappa shape index (κ2) is 6.55. The van der Waals surface area contributed by atoms with Gasteiger partial charge in [0.15, 0.2) is 0 Å². The summed E-state index contributed by atoms with van der Waals surface area (Å²) in [6.07, 6.45) is 5.50. The maximum Gasteiger partial charge on any atom is 0.137 e. The molecule has 0 bridgehead atoms. The molecule has 0 radical (unpaired) electrons. The van der Waals surface area contributed by atoms with Gasteiger partial charge in [-0.15, -0.1) is 0 Å². The Hall–Kier alpha value is -0.770. The van der Waals surface area contributed by atoms with Gasteiger partial charge in [-0.05, 0) is 31.4 Å². The highest BCUT2D eigenvalue weighted by Crippen LogP contribution is 2.39. The van der Waals surface area contributed by atoms with Crippen molar-refractivity contribution in [2.75, 3.05) is 26.2 Å². The van der Waals surface area contributed by atoms with Crippen LogP contribution in [0.15, 0.2) is 24.3 Å². The summed E-state index contributed by atoms with van der Waals surface area (Å²) < 4.78 is 5.76. The first-order valence-corrected chi connectivity index (χ1v) is 8.37. The molecule has 3 nitrogen and oxygen atoms in total. The van der Waals surface area contributed by atoms with Crippen LogP contribution in [0.2, 0.25) is 5.02 Å². The molecule has 1 aliphatic carbocycles. The molecule has 1 heterocycles. The highest BCUT2D eigenvalue weighted by atomic mass is 35.5. The van der Waals surface area contributed by atoms with Crippen molar-refractivity contribution in [1.82, 2.24) is 4.90 Å². The molecular weight excluding hydrogens is 286 g/mol. The molecule has 1 aliphatic heterocycles. The van der Waals surface area contributed by atoms with E-state index in [1.54, 1.807) is 0 Å². The van der Waals surface area contributed by atoms with Crippen LogP contribution in [0.5, 0.6) is 5.75 Å². The van der Waals surface area contributed by atoms with E-state index >= 15 is 0 Å². The van der Waals surface area contributed by atoms with Gasteiger partial charge in [-0.2, -0.15) is 0 Å². The SMILES string of the molecule is OC12CCCCC1CN(CCOc1ccccc1Cl)CC2. The first-order valence-electron chi connectivity index (χ1n) is 7.99. The zero-order valence-corrected chi connectivity index (χ0v) is 13.2. The standard InChI is InChI=1S/C17H24ClNO2/c18-15-6-1-2-7-16(15)21-12-11-19-10-9-17(20)8-4-3-5-14(17)13-19/h1-2,6-7,14,20H,3-5,8-13H2. The lowest BCUT2D eigenvalue weighted by Crippen LogP contribution is -2.53. The molecule has 2 atom stereocenters. The van der Waals surface area contributed by atoms with E-state index in [0.29, 0.717) is 17.5 Å². The quantitative estimate of drug-likeness (QED) is 0.926. The highest BCUT2D eigenvalue weighted by molar-refractivity contribution is 6.32. The van der Waals surface area contributed by atoms with E-state index in [1.807, 2.05) is 24.3 Å². The molecule has 4 heteroatoms. The third-order valence-corrected chi connectivity index (χ3v) is 5.33. The lowest BCUT2D eigenvalue weighted by atomic mass is 9.71. The maximum absolute atomic E-state index is 10.7. The van der Waals surface area contributed by atoms with Crippen molar-refractivity contribution >= 4 is 11.6 Å². The van der Waals surface area contributed by atoms with Crippen molar-refractivity contribution in [3.63, 3.8) is 0 Å². The summed E-state index contributed by atoms with van der Waals surface area (Å²) in [4.78, 5) is 2.42. The summed E-state index contributed by atoms with van der Waals surface area (Å²) in [5.41, 5.74) is -0.391. The first kappa shape index (κ1) is 15.1. The van der Waals surface area contributed by atoms with Crippen molar-refractivity contribution in [2.24, 2.45) is 5.92 Å². The van der Waals surface area contributed by atoms with Gasteiger partial charge in [-0.25, -0.2) is 0 Å². The van der Waals surface area contributed by atoms with Gasteiger partial charge < -0.3 is 9.84 Å². The maximum atomic E-state index is 10.7. The van der Waals surface area contributed by atoms with E-state index in [-0.39, 0.29) is 0 Å². The molecule has 2 unspecified atom stereocenters. The molecule has 1 aromatic rings. The number of halogens is 1. The summed E-state index contributed by atoms with van der Waals surface area (Å²) in [6, 6.07) is 7.59. The molecular formula is C17H24ClNO2. The number of aliphatic hydroxyl groups is 1. The average Bonchev–Trinajstić information content (AvgIpc) is 2.49. The van der Waals surface area contributed by atoms with E-state index in [9.17, 15) is 5.11 Å². The van der Waals surface area contributed by atoms with Gasteiger partial charge in [0.2, 0.25) is 0 Å². The van der Waals surface area contributed by atoms with E-state index in [0.717, 1.165) is 38.2 Å². The first-order chi connectivity index (χ1) is 10.2. The minimum atomic E-state index is -0.391. The Labute approximate surface area is 131 Å². The normalized spacial score (nSPS) is 29.9. The number of hydrogen-bond donors (Lipinski definition) is 1. The number of nitrogens with zero attached hydrogens (tertiary/aromatic N) is 1. The largest absolute Gasteiger partial charge is 0.491 e. The molecule has 116 valence electrons. The Bertz CT molecular complexity index is 482. The van der Waals surface area contributed by atoms with Crippen LogP contribution in [-0.2, 0) is 0 Å². The monoisotopic (exact) mass is 309 g/mol. The number of benzene rings is 1. The Balaban J connectivity index is 1.48. The Morgan fingerprint density at radius 1 is 1.29 bits per heavy atom. The molecule has 0 aromatic heterocycles. The van der Waals surface area contributed by atoms with Crippen LogP contribution < -0.4 is 4.74 Å². The summed E-state index contributed by atoms with van der Waals surface area (Å²) >= 11 is 6.08. The molecule has 0 amide bonds. The lowest BCUT2D eigenvalue weighted by Gasteiger charge is -2.47. The van der Waals surface area contributed by atoms with Gasteiger partial charge in [0.05, 0.1) is 10.6 Å². The molecule has 1 N–H and O–H groups in total. The molecule has 1 aromatic carbocycles. The van der Waals surface area contributed by atoms with Crippen LogP contribution in [0.3, 0.4) is 0 Å². The number of ether oxygens (including phenoxy) is 1. The van der Waals surface area contributed by atoms with Crippen molar-refractivity contribution in [3.8, 4) is 5.75 Å². The van der Waals surface area contributed by atoms with Crippen molar-refractivity contribution < 1.29 is 9.84 Å². The minimum absolute atomic E-state index is 0.391. The van der Waals surface area contributed by atoms with Gasteiger partial charge in [0, 0.05) is 25.6 Å². The van der Waals surface area contributed by atoms with Crippen molar-refractivity contribution in [2.45, 2.75) is 37.7 Å². The summed E-state index contributed by atoms with van der Waals surface area (Å²) in [7, 11) is 0. The number of piperidine rings is 1. The number of rotatable bonds is 4. The fourth-order valence-electron chi connectivity index (χ4n) is 3.69. The average molecular weight is 310 g/mol. The fourth-order valence-corrected chi connectivity index (χ4v) is 3.88. The lowest BCUT2D eigenvalue weighted by molar-refractivity contribution is -0.0962. The molecule has 2 fully saturated rings. The number of para-hydroxylation sites is 1. The molecule has 21 heavy (non-hydrogen) atoms. The van der Waals surface area contributed by atoms with Crippen molar-refractivity contribution in [3.05, 3.63) is 29.3 Å². The molecule has 2 aliphatic rings. The van der Waals surface area contributed by atoms with Crippen LogP contribution in [0.4, 0.5) is 0 Å². The highest BCUT2D eigenvalue weighted by Gasteiger charge is 2.42. The van der Waals surface area contributed by atoms with E-state index in [2.05, 4.69) is 4.90 Å². The predicted molar refractivity (Wildman–Crippen MR) is 84.9 cm³/mol. The number of likely N-dealkylation sites (tertiary alicyclic amines) is 1. The number of fused-ring (bicyclic) bond motifs is 1. The van der Waals surface area contributed by atoms with Gasteiger partial charge in [0.25, 0.3) is 0 Å². The molecule has 1 saturated carbocycles. The topological polar surface area (TPSA) is 32.7 Å². The predicted octanol–water partition coefficient (Wildman–Crippen LogP) is 3.35. The Kier molecular flexibility index (Phi) is 4.72. The smallest absolute Gasteiger partial charge is 0.137 e. The van der Waals surface area contributed by atoms with Crippen LogP contribution in [0, 0.1) is 5.92 Å². The zero-order valence-electron chi connectivity index (χ0n) is 12.4.